The van der Waals surface area contributed by atoms with Crippen molar-refractivity contribution in [3.63, 3.8) is 0 Å². The predicted molar refractivity (Wildman–Crippen MR) is 109 cm³/mol. The van der Waals surface area contributed by atoms with Crippen molar-refractivity contribution in [3.8, 4) is 0 Å². The fourth-order valence-corrected chi connectivity index (χ4v) is 3.72. The number of nitrogens with one attached hydrogen (secondary N) is 1. The third-order valence-corrected chi connectivity index (χ3v) is 5.06. The molecule has 0 bridgehead atoms. The Morgan fingerprint density at radius 2 is 1.62 bits per heavy atom. The van der Waals surface area contributed by atoms with Crippen molar-refractivity contribution in [2.75, 3.05) is 0 Å². The monoisotopic (exact) mass is 382 g/mol. The van der Waals surface area contributed by atoms with E-state index in [9.17, 15) is 14.4 Å². The second-order valence-electron chi connectivity index (χ2n) is 6.76. The number of aromatic nitrogens is 2. The molecule has 0 unspecified atom stereocenters. The summed E-state index contributed by atoms with van der Waals surface area (Å²) in [5.74, 6) is -0.837. The topological polar surface area (TPSA) is 93.4 Å². The Labute approximate surface area is 164 Å². The highest BCUT2D eigenvalue weighted by Crippen LogP contribution is 2.30. The molecule has 140 valence electrons. The van der Waals surface area contributed by atoms with Crippen LogP contribution in [0.1, 0.15) is 26.4 Å². The number of nitrogens with zero attached hydrogens (tertiary/aromatic N) is 3. The van der Waals surface area contributed by atoms with E-state index < -0.39 is 5.91 Å². The fourth-order valence-electron chi connectivity index (χ4n) is 3.72. The number of carbonyl (C=O) groups is 2. The second-order valence-corrected chi connectivity index (χ2v) is 6.76. The molecule has 0 saturated carbocycles. The summed E-state index contributed by atoms with van der Waals surface area (Å²) in [6, 6.07) is 17.8. The quantitative estimate of drug-likeness (QED) is 0.539. The van der Waals surface area contributed by atoms with E-state index in [2.05, 4.69) is 15.6 Å². The van der Waals surface area contributed by atoms with Crippen LogP contribution < -0.4 is 11.0 Å². The Morgan fingerprint density at radius 3 is 2.38 bits per heavy atom. The van der Waals surface area contributed by atoms with Gasteiger partial charge in [-0.05, 0) is 11.5 Å². The van der Waals surface area contributed by atoms with Gasteiger partial charge in [-0.15, -0.1) is 0 Å². The van der Waals surface area contributed by atoms with Crippen LogP contribution in [-0.2, 0) is 7.05 Å². The van der Waals surface area contributed by atoms with Gasteiger partial charge >= 0.3 is 0 Å². The van der Waals surface area contributed by atoms with Crippen LogP contribution in [0.5, 0.6) is 0 Å². The summed E-state index contributed by atoms with van der Waals surface area (Å²) in [6.07, 6.45) is 0. The molecule has 4 aromatic rings. The van der Waals surface area contributed by atoms with Crippen LogP contribution in [0.15, 0.2) is 70.6 Å². The molecular formula is C22H14N4O3. The minimum atomic E-state index is -0.597. The van der Waals surface area contributed by atoms with Crippen LogP contribution in [0.4, 0.5) is 0 Å². The molecule has 0 radical (unpaired) electrons. The molecule has 7 heteroatoms. The van der Waals surface area contributed by atoms with Crippen LogP contribution in [0.25, 0.3) is 21.5 Å². The van der Waals surface area contributed by atoms with Crippen molar-refractivity contribution in [2.24, 2.45) is 12.1 Å². The summed E-state index contributed by atoms with van der Waals surface area (Å²) in [7, 11) is 1.48. The number of hydrogen-bond donors (Lipinski definition) is 1. The average Bonchev–Trinajstić information content (AvgIpc) is 3.02. The zero-order chi connectivity index (χ0) is 20.1. The van der Waals surface area contributed by atoms with Crippen LogP contribution in [0, 0.1) is 0 Å². The standard InChI is InChI=1S/C22H14N4O3/c1-26-22(29)14-9-3-2-8-13(14)19(25-26)21(28)24-23-18-15-10-4-6-12-7-5-11-16(17(12)15)20(18)27/h2-11H,1H3,(H,24,28)/b23-18-. The molecule has 7 nitrogen and oxygen atoms in total. The Hall–Kier alpha value is -4.13. The van der Waals surface area contributed by atoms with Crippen LogP contribution in [0.3, 0.4) is 0 Å². The number of benzene rings is 3. The predicted octanol–water partition coefficient (Wildman–Crippen LogP) is 2.42. The lowest BCUT2D eigenvalue weighted by Gasteiger charge is -2.07. The number of rotatable bonds is 2. The minimum Gasteiger partial charge on any atom is -0.287 e. The number of amides is 1. The summed E-state index contributed by atoms with van der Waals surface area (Å²) >= 11 is 0. The van der Waals surface area contributed by atoms with Gasteiger partial charge in [-0.1, -0.05) is 54.6 Å². The second kappa shape index (κ2) is 6.20. The number of carbonyl (C=O) groups excluding carboxylic acids is 2. The molecule has 0 aliphatic heterocycles. The van der Waals surface area contributed by atoms with Crippen molar-refractivity contribution < 1.29 is 9.59 Å². The molecule has 5 rings (SSSR count). The number of hydrazone groups is 1. The first kappa shape index (κ1) is 17.0. The highest BCUT2D eigenvalue weighted by atomic mass is 16.2. The van der Waals surface area contributed by atoms with Gasteiger partial charge in [0.25, 0.3) is 11.5 Å². The maximum Gasteiger partial charge on any atom is 0.292 e. The first-order valence-electron chi connectivity index (χ1n) is 8.97. The Balaban J connectivity index is 1.57. The van der Waals surface area contributed by atoms with Crippen molar-refractivity contribution in [3.05, 3.63) is 87.8 Å². The molecule has 0 atom stereocenters. The third-order valence-electron chi connectivity index (χ3n) is 5.06. The van der Waals surface area contributed by atoms with Gasteiger partial charge in [0.05, 0.1) is 5.39 Å². The van der Waals surface area contributed by atoms with E-state index in [0.717, 1.165) is 15.5 Å². The van der Waals surface area contributed by atoms with Crippen molar-refractivity contribution >= 4 is 38.9 Å². The molecule has 1 N–H and O–H groups in total. The van der Waals surface area contributed by atoms with Gasteiger partial charge in [0, 0.05) is 28.9 Å². The van der Waals surface area contributed by atoms with E-state index in [0.29, 0.717) is 21.9 Å². The SMILES string of the molecule is Cn1nc(C(=O)N/N=C2\C(=O)c3cccc4cccc2c34)c2ccccc2c1=O. The van der Waals surface area contributed by atoms with Gasteiger partial charge in [-0.3, -0.25) is 14.4 Å². The Morgan fingerprint density at radius 1 is 0.931 bits per heavy atom. The van der Waals surface area contributed by atoms with E-state index in [-0.39, 0.29) is 22.7 Å². The third kappa shape index (κ3) is 2.48. The van der Waals surface area contributed by atoms with Gasteiger partial charge in [0.1, 0.15) is 5.71 Å². The Kier molecular flexibility index (Phi) is 3.64. The van der Waals surface area contributed by atoms with Crippen molar-refractivity contribution in [2.45, 2.75) is 0 Å². The number of fused-ring (bicyclic) bond motifs is 1. The first-order valence-corrected chi connectivity index (χ1v) is 8.97. The molecule has 29 heavy (non-hydrogen) atoms. The molecule has 1 aliphatic rings. The fraction of sp³-hybridized carbons (Fsp3) is 0.0455. The van der Waals surface area contributed by atoms with Gasteiger partial charge in [0.15, 0.2) is 5.69 Å². The van der Waals surface area contributed by atoms with Gasteiger partial charge < -0.3 is 0 Å². The van der Waals surface area contributed by atoms with Gasteiger partial charge in [0.2, 0.25) is 5.78 Å². The first-order chi connectivity index (χ1) is 14.1. The summed E-state index contributed by atoms with van der Waals surface area (Å²) in [6.45, 7) is 0. The summed E-state index contributed by atoms with van der Waals surface area (Å²) in [5.41, 5.74) is 3.64. The van der Waals surface area contributed by atoms with Gasteiger partial charge in [-0.25, -0.2) is 10.1 Å². The smallest absolute Gasteiger partial charge is 0.287 e. The highest BCUT2D eigenvalue weighted by molar-refractivity contribution is 6.59. The minimum absolute atomic E-state index is 0.0632. The molecular weight excluding hydrogens is 368 g/mol. The normalized spacial score (nSPS) is 14.1. The molecule has 1 aliphatic carbocycles. The zero-order valence-corrected chi connectivity index (χ0v) is 15.3. The average molecular weight is 382 g/mol. The lowest BCUT2D eigenvalue weighted by molar-refractivity contribution is 0.0949. The summed E-state index contributed by atoms with van der Waals surface area (Å²) < 4.78 is 1.11. The molecule has 1 amide bonds. The molecule has 0 spiro atoms. The van der Waals surface area contributed by atoms with E-state index in [1.54, 1.807) is 30.3 Å². The summed E-state index contributed by atoms with van der Waals surface area (Å²) in [5, 5.41) is 10.8. The number of aryl methyl sites for hydroxylation is 1. The Bertz CT molecular complexity index is 1440. The van der Waals surface area contributed by atoms with E-state index >= 15 is 0 Å². The molecule has 0 fully saturated rings. The molecule has 0 saturated heterocycles. The van der Waals surface area contributed by atoms with Crippen molar-refractivity contribution in [1.82, 2.24) is 15.2 Å². The lowest BCUT2D eigenvalue weighted by atomic mass is 10.1. The highest BCUT2D eigenvalue weighted by Gasteiger charge is 2.29. The maximum atomic E-state index is 12.8. The van der Waals surface area contributed by atoms with E-state index in [1.165, 1.54) is 7.05 Å². The van der Waals surface area contributed by atoms with Crippen molar-refractivity contribution in [1.29, 1.82) is 0 Å². The van der Waals surface area contributed by atoms with Crippen LogP contribution in [-0.4, -0.2) is 27.2 Å². The lowest BCUT2D eigenvalue weighted by Crippen LogP contribution is -2.28. The van der Waals surface area contributed by atoms with Gasteiger partial charge in [-0.2, -0.15) is 10.2 Å². The van der Waals surface area contributed by atoms with E-state index in [4.69, 9.17) is 0 Å². The molecule has 1 aromatic heterocycles. The van der Waals surface area contributed by atoms with E-state index in [1.807, 2.05) is 30.3 Å². The molecule has 1 heterocycles. The van der Waals surface area contributed by atoms with Crippen LogP contribution in [0.2, 0.25) is 0 Å². The number of Topliss-reactive ketones (excluding diaryl/α,β-unsaturated/α-hetero) is 1. The molecule has 3 aromatic carbocycles. The maximum absolute atomic E-state index is 12.8. The van der Waals surface area contributed by atoms with Crippen LogP contribution >= 0.6 is 0 Å². The zero-order valence-electron chi connectivity index (χ0n) is 15.3. The number of ketones is 1. The summed E-state index contributed by atoms with van der Waals surface area (Å²) in [4.78, 5) is 37.8. The largest absolute Gasteiger partial charge is 0.292 e. The number of hydrogen-bond acceptors (Lipinski definition) is 5.